The van der Waals surface area contributed by atoms with E-state index in [9.17, 15) is 4.79 Å². The molecule has 0 saturated carbocycles. The summed E-state index contributed by atoms with van der Waals surface area (Å²) in [5.74, 6) is 0.965. The third-order valence-electron chi connectivity index (χ3n) is 3.32. The van der Waals surface area contributed by atoms with Crippen molar-refractivity contribution in [2.24, 2.45) is 0 Å². The van der Waals surface area contributed by atoms with Crippen molar-refractivity contribution in [1.82, 2.24) is 10.2 Å². The fraction of sp³-hybridized carbons (Fsp3) is 0.167. The van der Waals surface area contributed by atoms with Crippen LogP contribution in [0.3, 0.4) is 0 Å². The summed E-state index contributed by atoms with van der Waals surface area (Å²) in [6.45, 7) is 0. The summed E-state index contributed by atoms with van der Waals surface area (Å²) in [6.07, 6.45) is 0.889. The monoisotopic (exact) mass is 373 g/mol. The highest BCUT2D eigenvalue weighted by Gasteiger charge is 2.10. The first-order valence-electron chi connectivity index (χ1n) is 7.73. The van der Waals surface area contributed by atoms with Crippen LogP contribution in [-0.2, 0) is 11.2 Å². The molecule has 128 valence electrons. The minimum absolute atomic E-state index is 0.132. The standard InChI is InChI=1S/C18H16ClN3O2S/c19-14-6-8-15(9-7-14)25-11-10-16(23)20-18-22-21-17(24-18)12-13-4-2-1-3-5-13/h1-9H,10-12H2,(H,20,22,23). The van der Waals surface area contributed by atoms with Gasteiger partial charge in [0.15, 0.2) is 0 Å². The van der Waals surface area contributed by atoms with Crippen LogP contribution in [0.4, 0.5) is 6.01 Å². The van der Waals surface area contributed by atoms with E-state index in [4.69, 9.17) is 16.0 Å². The lowest BCUT2D eigenvalue weighted by Crippen LogP contribution is -2.12. The normalized spacial score (nSPS) is 10.6. The van der Waals surface area contributed by atoms with Crippen molar-refractivity contribution in [3.8, 4) is 0 Å². The molecule has 1 heterocycles. The number of nitrogens with one attached hydrogen (secondary N) is 1. The first-order chi connectivity index (χ1) is 12.2. The van der Waals surface area contributed by atoms with Gasteiger partial charge in [0.1, 0.15) is 0 Å². The van der Waals surface area contributed by atoms with Crippen LogP contribution in [0.2, 0.25) is 5.02 Å². The lowest BCUT2D eigenvalue weighted by Gasteiger charge is -2.02. The Kier molecular flexibility index (Phi) is 6.09. The molecule has 0 spiro atoms. The van der Waals surface area contributed by atoms with Gasteiger partial charge in [-0.25, -0.2) is 0 Å². The van der Waals surface area contributed by atoms with Crippen LogP contribution in [-0.4, -0.2) is 21.9 Å². The molecule has 1 N–H and O–H groups in total. The third-order valence-corrected chi connectivity index (χ3v) is 4.59. The lowest BCUT2D eigenvalue weighted by molar-refractivity contribution is -0.115. The number of aromatic nitrogens is 2. The predicted molar refractivity (Wildman–Crippen MR) is 99.0 cm³/mol. The molecule has 0 radical (unpaired) electrons. The first-order valence-corrected chi connectivity index (χ1v) is 9.10. The zero-order valence-corrected chi connectivity index (χ0v) is 14.9. The molecule has 3 rings (SSSR count). The number of halogens is 1. The highest BCUT2D eigenvalue weighted by Crippen LogP contribution is 2.21. The van der Waals surface area contributed by atoms with Gasteiger partial charge in [-0.1, -0.05) is 47.0 Å². The quantitative estimate of drug-likeness (QED) is 0.620. The van der Waals surface area contributed by atoms with E-state index in [0.717, 1.165) is 10.5 Å². The number of anilines is 1. The highest BCUT2D eigenvalue weighted by atomic mass is 35.5. The first kappa shape index (κ1) is 17.5. The maximum absolute atomic E-state index is 12.0. The van der Waals surface area contributed by atoms with E-state index in [1.165, 1.54) is 0 Å². The van der Waals surface area contributed by atoms with E-state index in [1.807, 2.05) is 54.6 Å². The lowest BCUT2D eigenvalue weighted by atomic mass is 10.2. The molecule has 1 amide bonds. The van der Waals surface area contributed by atoms with Gasteiger partial charge in [-0.3, -0.25) is 10.1 Å². The molecule has 7 heteroatoms. The molecule has 5 nitrogen and oxygen atoms in total. The minimum Gasteiger partial charge on any atom is -0.407 e. The number of amides is 1. The minimum atomic E-state index is -0.156. The maximum atomic E-state index is 12.0. The summed E-state index contributed by atoms with van der Waals surface area (Å²) in [4.78, 5) is 13.0. The molecule has 25 heavy (non-hydrogen) atoms. The van der Waals surface area contributed by atoms with Gasteiger partial charge < -0.3 is 4.42 Å². The Morgan fingerprint density at radius 1 is 1.08 bits per heavy atom. The van der Waals surface area contributed by atoms with Gasteiger partial charge in [-0.05, 0) is 29.8 Å². The van der Waals surface area contributed by atoms with Gasteiger partial charge in [0.05, 0.1) is 6.42 Å². The molecule has 3 aromatic rings. The van der Waals surface area contributed by atoms with E-state index in [0.29, 0.717) is 29.5 Å². The largest absolute Gasteiger partial charge is 0.407 e. The molecule has 0 aliphatic carbocycles. The van der Waals surface area contributed by atoms with Crippen LogP contribution in [0.15, 0.2) is 63.9 Å². The van der Waals surface area contributed by atoms with Gasteiger partial charge in [0, 0.05) is 22.1 Å². The Labute approximate surface area is 154 Å². The van der Waals surface area contributed by atoms with Crippen molar-refractivity contribution in [2.75, 3.05) is 11.1 Å². The van der Waals surface area contributed by atoms with Gasteiger partial charge in [-0.15, -0.1) is 16.9 Å². The highest BCUT2D eigenvalue weighted by molar-refractivity contribution is 7.99. The summed E-state index contributed by atoms with van der Waals surface area (Å²) in [6, 6.07) is 17.5. The Morgan fingerprint density at radius 2 is 1.84 bits per heavy atom. The summed E-state index contributed by atoms with van der Waals surface area (Å²) < 4.78 is 5.46. The SMILES string of the molecule is O=C(CCSc1ccc(Cl)cc1)Nc1nnc(Cc2ccccc2)o1. The van der Waals surface area contributed by atoms with Gasteiger partial charge >= 0.3 is 6.01 Å². The van der Waals surface area contributed by atoms with Crippen molar-refractivity contribution in [3.63, 3.8) is 0 Å². The fourth-order valence-corrected chi connectivity index (χ4v) is 3.10. The van der Waals surface area contributed by atoms with E-state index in [2.05, 4.69) is 15.5 Å². The topological polar surface area (TPSA) is 68.0 Å². The number of hydrogen-bond acceptors (Lipinski definition) is 5. The fourth-order valence-electron chi connectivity index (χ4n) is 2.12. The molecule has 2 aromatic carbocycles. The Hall–Kier alpha value is -2.31. The number of benzene rings is 2. The van der Waals surface area contributed by atoms with Crippen molar-refractivity contribution in [2.45, 2.75) is 17.7 Å². The van der Waals surface area contributed by atoms with E-state index in [-0.39, 0.29) is 11.9 Å². The Morgan fingerprint density at radius 3 is 2.60 bits per heavy atom. The van der Waals surface area contributed by atoms with E-state index in [1.54, 1.807) is 11.8 Å². The zero-order valence-electron chi connectivity index (χ0n) is 13.3. The summed E-state index contributed by atoms with van der Waals surface area (Å²) in [7, 11) is 0. The maximum Gasteiger partial charge on any atom is 0.322 e. The second-order valence-electron chi connectivity index (χ2n) is 5.26. The van der Waals surface area contributed by atoms with E-state index < -0.39 is 0 Å². The predicted octanol–water partition coefficient (Wildman–Crippen LogP) is 4.43. The molecule has 0 unspecified atom stereocenters. The van der Waals surface area contributed by atoms with Crippen LogP contribution >= 0.6 is 23.4 Å². The molecular formula is C18H16ClN3O2S. The Bertz CT molecular complexity index is 822. The van der Waals surface area contributed by atoms with Crippen LogP contribution in [0, 0.1) is 0 Å². The Balaban J connectivity index is 1.44. The average molecular weight is 374 g/mol. The third kappa shape index (κ3) is 5.62. The molecule has 0 saturated heterocycles. The van der Waals surface area contributed by atoms with E-state index >= 15 is 0 Å². The summed E-state index contributed by atoms with van der Waals surface area (Å²) in [5, 5.41) is 11.1. The second kappa shape index (κ2) is 8.69. The van der Waals surface area contributed by atoms with Crippen molar-refractivity contribution >= 4 is 35.3 Å². The molecule has 0 fully saturated rings. The van der Waals surface area contributed by atoms with Gasteiger partial charge in [-0.2, -0.15) is 0 Å². The van der Waals surface area contributed by atoms with Crippen molar-refractivity contribution in [1.29, 1.82) is 0 Å². The summed E-state index contributed by atoms with van der Waals surface area (Å²) >= 11 is 7.43. The number of nitrogens with zero attached hydrogens (tertiary/aromatic N) is 2. The van der Waals surface area contributed by atoms with Crippen LogP contribution in [0.25, 0.3) is 0 Å². The number of thioether (sulfide) groups is 1. The smallest absolute Gasteiger partial charge is 0.322 e. The molecule has 0 bridgehead atoms. The number of rotatable bonds is 7. The van der Waals surface area contributed by atoms with Crippen LogP contribution < -0.4 is 5.32 Å². The molecule has 0 aliphatic rings. The average Bonchev–Trinajstić information content (AvgIpc) is 3.04. The molecule has 0 atom stereocenters. The van der Waals surface area contributed by atoms with Crippen molar-refractivity contribution < 1.29 is 9.21 Å². The van der Waals surface area contributed by atoms with Crippen molar-refractivity contribution in [3.05, 3.63) is 71.1 Å². The molecule has 0 aliphatic heterocycles. The number of carbonyl (C=O) groups is 1. The number of hydrogen-bond donors (Lipinski definition) is 1. The molecular weight excluding hydrogens is 358 g/mol. The molecule has 1 aromatic heterocycles. The van der Waals surface area contributed by atoms with Crippen LogP contribution in [0.1, 0.15) is 17.9 Å². The summed E-state index contributed by atoms with van der Waals surface area (Å²) in [5.41, 5.74) is 1.07. The van der Waals surface area contributed by atoms with Gasteiger partial charge in [0.2, 0.25) is 11.8 Å². The van der Waals surface area contributed by atoms with Crippen LogP contribution in [0.5, 0.6) is 0 Å². The number of carbonyl (C=O) groups excluding carboxylic acids is 1. The zero-order chi connectivity index (χ0) is 17.5. The second-order valence-corrected chi connectivity index (χ2v) is 6.87. The van der Waals surface area contributed by atoms with Gasteiger partial charge in [0.25, 0.3) is 0 Å².